The minimum absolute atomic E-state index is 0.0646. The molecule has 0 heterocycles. The van der Waals surface area contributed by atoms with Crippen LogP contribution in [0.1, 0.15) is 27.4 Å². The van der Waals surface area contributed by atoms with Crippen molar-refractivity contribution in [2.75, 3.05) is 25.1 Å². The third-order valence-corrected chi connectivity index (χ3v) is 5.58. The Morgan fingerprint density at radius 2 is 1.56 bits per heavy atom. The molecule has 162 valence electrons. The third-order valence-electron chi connectivity index (χ3n) is 5.58. The standard InChI is InChI=1S/C25H22N2O5/c1-27(17-8-6-7-16(13-17)24(29)30)23(28)14-26-25(31)32-15-22-20-11-4-2-9-18(20)19-10-3-5-12-21(19)22/h2-13,22H,14-15H2,1H3,(H,26,31)(H,29,30). The van der Waals surface area contributed by atoms with Gasteiger partial charge >= 0.3 is 12.1 Å². The maximum Gasteiger partial charge on any atom is 0.407 e. The highest BCUT2D eigenvalue weighted by atomic mass is 16.5. The number of carboxylic acids is 1. The van der Waals surface area contributed by atoms with Crippen LogP contribution in [0.5, 0.6) is 0 Å². The number of alkyl carbamates (subject to hydrolysis) is 1. The molecule has 2 N–H and O–H groups in total. The minimum atomic E-state index is -1.08. The van der Waals surface area contributed by atoms with Crippen LogP contribution in [0.4, 0.5) is 10.5 Å². The van der Waals surface area contributed by atoms with Crippen molar-refractivity contribution >= 4 is 23.7 Å². The van der Waals surface area contributed by atoms with Crippen LogP contribution < -0.4 is 10.2 Å². The van der Waals surface area contributed by atoms with E-state index in [1.165, 1.54) is 24.1 Å². The summed E-state index contributed by atoms with van der Waals surface area (Å²) < 4.78 is 5.43. The third kappa shape index (κ3) is 4.18. The van der Waals surface area contributed by atoms with Crippen LogP contribution in [0.15, 0.2) is 72.8 Å². The highest BCUT2D eigenvalue weighted by Gasteiger charge is 2.29. The molecular formula is C25H22N2O5. The van der Waals surface area contributed by atoms with Gasteiger partial charge in [0.1, 0.15) is 13.2 Å². The van der Waals surface area contributed by atoms with Crippen LogP contribution in [-0.4, -0.2) is 43.3 Å². The van der Waals surface area contributed by atoms with Crippen LogP contribution in [0, 0.1) is 0 Å². The molecule has 7 nitrogen and oxygen atoms in total. The number of carbonyl (C=O) groups excluding carboxylic acids is 2. The van der Waals surface area contributed by atoms with E-state index in [1.807, 2.05) is 36.4 Å². The topological polar surface area (TPSA) is 95.9 Å². The number of likely N-dealkylation sites (N-methyl/N-ethyl adjacent to an activating group) is 1. The summed E-state index contributed by atoms with van der Waals surface area (Å²) in [4.78, 5) is 37.1. The fourth-order valence-electron chi connectivity index (χ4n) is 3.91. The summed E-state index contributed by atoms with van der Waals surface area (Å²) in [6, 6.07) is 22.1. The summed E-state index contributed by atoms with van der Waals surface area (Å²) in [6.45, 7) is -0.116. The van der Waals surface area contributed by atoms with Gasteiger partial charge in [-0.1, -0.05) is 54.6 Å². The lowest BCUT2D eigenvalue weighted by atomic mass is 9.98. The average Bonchev–Trinajstić information content (AvgIpc) is 3.14. The number of rotatable bonds is 6. The number of nitrogens with zero attached hydrogens (tertiary/aromatic N) is 1. The van der Waals surface area contributed by atoms with Crippen LogP contribution in [0.2, 0.25) is 0 Å². The van der Waals surface area contributed by atoms with Crippen LogP contribution in [0.3, 0.4) is 0 Å². The Labute approximate surface area is 185 Å². The Morgan fingerprint density at radius 3 is 2.19 bits per heavy atom. The first-order chi connectivity index (χ1) is 15.5. The number of fused-ring (bicyclic) bond motifs is 3. The van der Waals surface area contributed by atoms with Crippen molar-refractivity contribution in [2.45, 2.75) is 5.92 Å². The molecular weight excluding hydrogens is 408 g/mol. The van der Waals surface area contributed by atoms with E-state index in [0.29, 0.717) is 5.69 Å². The van der Waals surface area contributed by atoms with Gasteiger partial charge in [0.15, 0.2) is 0 Å². The fraction of sp³-hybridized carbons (Fsp3) is 0.160. The Bertz CT molecular complexity index is 1140. The molecule has 0 spiro atoms. The highest BCUT2D eigenvalue weighted by molar-refractivity contribution is 5.97. The molecule has 3 aromatic carbocycles. The SMILES string of the molecule is CN(C(=O)CNC(=O)OCC1c2ccccc2-c2ccccc21)c1cccc(C(=O)O)c1. The van der Waals surface area contributed by atoms with Crippen molar-refractivity contribution in [3.63, 3.8) is 0 Å². The van der Waals surface area contributed by atoms with Crippen molar-refractivity contribution in [3.8, 4) is 11.1 Å². The zero-order chi connectivity index (χ0) is 22.7. The van der Waals surface area contributed by atoms with E-state index < -0.39 is 18.0 Å². The summed E-state index contributed by atoms with van der Waals surface area (Å²) in [5, 5.41) is 11.6. The number of carboxylic acid groups (broad SMARTS) is 1. The average molecular weight is 430 g/mol. The van der Waals surface area contributed by atoms with Crippen LogP contribution in [0.25, 0.3) is 11.1 Å². The predicted octanol–water partition coefficient (Wildman–Crippen LogP) is 3.89. The Balaban J connectivity index is 1.34. The van der Waals surface area contributed by atoms with Gasteiger partial charge in [0.25, 0.3) is 0 Å². The molecule has 32 heavy (non-hydrogen) atoms. The van der Waals surface area contributed by atoms with E-state index in [0.717, 1.165) is 22.3 Å². The summed E-state index contributed by atoms with van der Waals surface area (Å²) in [6.07, 6.45) is -0.687. The normalized spacial score (nSPS) is 11.9. The predicted molar refractivity (Wildman–Crippen MR) is 120 cm³/mol. The van der Waals surface area contributed by atoms with E-state index in [-0.39, 0.29) is 24.6 Å². The summed E-state index contributed by atoms with van der Waals surface area (Å²) >= 11 is 0. The Hall–Kier alpha value is -4.13. The lowest BCUT2D eigenvalue weighted by Crippen LogP contribution is -2.38. The van der Waals surface area contributed by atoms with Crippen molar-refractivity contribution in [3.05, 3.63) is 89.5 Å². The fourth-order valence-corrected chi connectivity index (χ4v) is 3.91. The lowest BCUT2D eigenvalue weighted by molar-refractivity contribution is -0.117. The maximum atomic E-state index is 12.4. The number of nitrogens with one attached hydrogen (secondary N) is 1. The van der Waals surface area contributed by atoms with E-state index in [9.17, 15) is 14.4 Å². The Morgan fingerprint density at radius 1 is 0.938 bits per heavy atom. The molecule has 0 unspecified atom stereocenters. The minimum Gasteiger partial charge on any atom is -0.478 e. The molecule has 0 atom stereocenters. The first-order valence-electron chi connectivity index (χ1n) is 10.1. The summed E-state index contributed by atoms with van der Waals surface area (Å²) in [5.74, 6) is -1.55. The van der Waals surface area contributed by atoms with Gasteiger partial charge in [-0.15, -0.1) is 0 Å². The molecule has 0 fully saturated rings. The monoisotopic (exact) mass is 430 g/mol. The number of hydrogen-bond donors (Lipinski definition) is 2. The number of aromatic carboxylic acids is 1. The van der Waals surface area contributed by atoms with E-state index >= 15 is 0 Å². The molecule has 0 aromatic heterocycles. The van der Waals surface area contributed by atoms with Gasteiger partial charge in [0.2, 0.25) is 5.91 Å². The highest BCUT2D eigenvalue weighted by Crippen LogP contribution is 2.44. The zero-order valence-corrected chi connectivity index (χ0v) is 17.4. The molecule has 0 saturated carbocycles. The van der Waals surface area contributed by atoms with Crippen LogP contribution in [-0.2, 0) is 9.53 Å². The first-order valence-corrected chi connectivity index (χ1v) is 10.1. The number of benzene rings is 3. The summed E-state index contributed by atoms with van der Waals surface area (Å²) in [5.41, 5.74) is 4.98. The molecule has 1 aliphatic carbocycles. The number of amides is 2. The molecule has 0 saturated heterocycles. The largest absolute Gasteiger partial charge is 0.478 e. The van der Waals surface area contributed by atoms with Crippen LogP contribution >= 0.6 is 0 Å². The second kappa shape index (κ2) is 8.93. The number of anilines is 1. The molecule has 0 aliphatic heterocycles. The molecule has 3 aromatic rings. The maximum absolute atomic E-state index is 12.4. The first kappa shape index (κ1) is 21.1. The molecule has 0 radical (unpaired) electrons. The number of hydrogen-bond acceptors (Lipinski definition) is 4. The van der Waals surface area contributed by atoms with Gasteiger partial charge in [-0.2, -0.15) is 0 Å². The molecule has 1 aliphatic rings. The molecule has 0 bridgehead atoms. The number of carbonyl (C=O) groups is 3. The quantitative estimate of drug-likeness (QED) is 0.619. The molecule has 2 amide bonds. The Kier molecular flexibility index (Phi) is 5.89. The second-order valence-corrected chi connectivity index (χ2v) is 7.49. The van der Waals surface area contributed by atoms with E-state index in [4.69, 9.17) is 9.84 Å². The number of ether oxygens (including phenoxy) is 1. The van der Waals surface area contributed by atoms with E-state index in [1.54, 1.807) is 12.1 Å². The van der Waals surface area contributed by atoms with Crippen molar-refractivity contribution in [2.24, 2.45) is 0 Å². The zero-order valence-electron chi connectivity index (χ0n) is 17.4. The van der Waals surface area contributed by atoms with Crippen molar-refractivity contribution < 1.29 is 24.2 Å². The van der Waals surface area contributed by atoms with Gasteiger partial charge < -0.3 is 20.1 Å². The van der Waals surface area contributed by atoms with Gasteiger partial charge in [-0.25, -0.2) is 9.59 Å². The van der Waals surface area contributed by atoms with Gasteiger partial charge in [-0.05, 0) is 40.5 Å². The van der Waals surface area contributed by atoms with Crippen molar-refractivity contribution in [1.29, 1.82) is 0 Å². The molecule has 4 rings (SSSR count). The lowest BCUT2D eigenvalue weighted by Gasteiger charge is -2.18. The van der Waals surface area contributed by atoms with Gasteiger partial charge in [0, 0.05) is 18.7 Å². The second-order valence-electron chi connectivity index (χ2n) is 7.49. The van der Waals surface area contributed by atoms with E-state index in [2.05, 4.69) is 17.4 Å². The smallest absolute Gasteiger partial charge is 0.407 e. The molecule has 7 heteroatoms. The van der Waals surface area contributed by atoms with Gasteiger partial charge in [0.05, 0.1) is 5.56 Å². The summed E-state index contributed by atoms with van der Waals surface area (Å²) in [7, 11) is 1.52. The van der Waals surface area contributed by atoms with Crippen molar-refractivity contribution in [1.82, 2.24) is 5.32 Å². The van der Waals surface area contributed by atoms with Gasteiger partial charge in [-0.3, -0.25) is 4.79 Å².